The van der Waals surface area contributed by atoms with Gasteiger partial charge >= 0.3 is 0 Å². The van der Waals surface area contributed by atoms with E-state index in [0.29, 0.717) is 22.5 Å². The largest absolute Gasteiger partial charge is 0.398 e. The number of nitrogens with one attached hydrogen (secondary N) is 1. The van der Waals surface area contributed by atoms with Gasteiger partial charge in [0.2, 0.25) is 0 Å². The summed E-state index contributed by atoms with van der Waals surface area (Å²) in [6.07, 6.45) is 0. The van der Waals surface area contributed by atoms with Crippen LogP contribution in [0.2, 0.25) is 0 Å². The normalized spacial score (nSPS) is 13.0. The number of carbonyl (C=O) groups excluding carboxylic acids is 2. The maximum atomic E-state index is 13.0. The van der Waals surface area contributed by atoms with Gasteiger partial charge in [0.15, 0.2) is 11.6 Å². The Morgan fingerprint density at radius 3 is 1.93 bits per heavy atom. The average Bonchev–Trinajstić information content (AvgIpc) is 2.67. The molecule has 0 spiro atoms. The van der Waals surface area contributed by atoms with Gasteiger partial charge in [-0.3, -0.25) is 14.1 Å². The summed E-state index contributed by atoms with van der Waals surface area (Å²) < 4.78 is 31.4. The molecule has 7 nitrogen and oxygen atoms in total. The molecule has 0 atom stereocenters. The molecule has 28 heavy (non-hydrogen) atoms. The van der Waals surface area contributed by atoms with E-state index in [1.54, 1.807) is 30.3 Å². The highest BCUT2D eigenvalue weighted by Crippen LogP contribution is 2.36. The number of fused-ring (bicyclic) bond motifs is 2. The maximum Gasteiger partial charge on any atom is 0.294 e. The molecule has 1 aliphatic rings. The third kappa shape index (κ3) is 2.84. The average molecular weight is 394 g/mol. The Morgan fingerprint density at radius 1 is 0.786 bits per heavy atom. The van der Waals surface area contributed by atoms with Gasteiger partial charge in [-0.15, -0.1) is 0 Å². The number of nitrogens with two attached hydrogens (primary N) is 1. The molecule has 4 rings (SSSR count). The zero-order valence-electron chi connectivity index (χ0n) is 14.3. The Balaban J connectivity index is 1.81. The molecule has 0 amide bonds. The Bertz CT molecular complexity index is 1250. The summed E-state index contributed by atoms with van der Waals surface area (Å²) in [6.45, 7) is 0. The van der Waals surface area contributed by atoms with Crippen LogP contribution in [-0.2, 0) is 10.1 Å². The van der Waals surface area contributed by atoms with Gasteiger partial charge in [0.1, 0.15) is 0 Å². The predicted molar refractivity (Wildman–Crippen MR) is 104 cm³/mol. The minimum absolute atomic E-state index is 0.142. The first-order valence-electron chi connectivity index (χ1n) is 8.23. The van der Waals surface area contributed by atoms with Gasteiger partial charge in [-0.25, -0.2) is 0 Å². The second-order valence-corrected chi connectivity index (χ2v) is 7.70. The molecule has 3 aromatic carbocycles. The van der Waals surface area contributed by atoms with E-state index in [0.717, 1.165) is 0 Å². The summed E-state index contributed by atoms with van der Waals surface area (Å²) in [5, 5.41) is 3.01. The molecule has 0 heterocycles. The SMILES string of the molecule is Nc1ccc(Nc2ccc(S(=O)(=O)O)cc2)c2c1C(=O)c1ccccc1C2=O. The smallest absolute Gasteiger partial charge is 0.294 e. The van der Waals surface area contributed by atoms with Crippen LogP contribution in [0.15, 0.2) is 65.6 Å². The molecule has 0 unspecified atom stereocenters. The van der Waals surface area contributed by atoms with Gasteiger partial charge in [0.25, 0.3) is 10.1 Å². The van der Waals surface area contributed by atoms with Crippen molar-refractivity contribution in [2.24, 2.45) is 0 Å². The lowest BCUT2D eigenvalue weighted by atomic mass is 9.82. The van der Waals surface area contributed by atoms with Gasteiger partial charge in [-0.2, -0.15) is 8.42 Å². The van der Waals surface area contributed by atoms with E-state index in [-0.39, 0.29) is 33.3 Å². The van der Waals surface area contributed by atoms with E-state index in [1.165, 1.54) is 30.3 Å². The van der Waals surface area contributed by atoms with Crippen molar-refractivity contribution in [1.82, 2.24) is 0 Å². The Kier molecular flexibility index (Phi) is 4.02. The van der Waals surface area contributed by atoms with Crippen molar-refractivity contribution in [3.8, 4) is 0 Å². The molecular formula is C20H14N2O5S. The molecule has 3 aromatic rings. The molecule has 8 heteroatoms. The number of carbonyl (C=O) groups is 2. The number of anilines is 3. The Labute approximate surface area is 160 Å². The maximum absolute atomic E-state index is 13.0. The van der Waals surface area contributed by atoms with Crippen LogP contribution in [0.1, 0.15) is 31.8 Å². The molecule has 0 radical (unpaired) electrons. The first-order chi connectivity index (χ1) is 13.3. The third-order valence-electron chi connectivity index (χ3n) is 4.54. The number of nitrogen functional groups attached to an aromatic ring is 1. The van der Waals surface area contributed by atoms with Crippen molar-refractivity contribution in [2.75, 3.05) is 11.1 Å². The molecule has 0 bridgehead atoms. The number of benzene rings is 3. The summed E-state index contributed by atoms with van der Waals surface area (Å²) in [6, 6.07) is 15.0. The topological polar surface area (TPSA) is 127 Å². The van der Waals surface area contributed by atoms with E-state index in [9.17, 15) is 18.0 Å². The van der Waals surface area contributed by atoms with Crippen LogP contribution >= 0.6 is 0 Å². The summed E-state index contributed by atoms with van der Waals surface area (Å²) in [5.74, 6) is -0.650. The van der Waals surface area contributed by atoms with E-state index >= 15 is 0 Å². The minimum Gasteiger partial charge on any atom is -0.398 e. The summed E-state index contributed by atoms with van der Waals surface area (Å²) in [7, 11) is -4.31. The van der Waals surface area contributed by atoms with Crippen molar-refractivity contribution in [1.29, 1.82) is 0 Å². The Hall–Kier alpha value is -3.49. The molecule has 0 saturated heterocycles. The van der Waals surface area contributed by atoms with Crippen LogP contribution in [-0.4, -0.2) is 24.5 Å². The molecule has 4 N–H and O–H groups in total. The van der Waals surface area contributed by atoms with E-state index in [4.69, 9.17) is 10.3 Å². The molecule has 0 aliphatic heterocycles. The monoisotopic (exact) mass is 394 g/mol. The first kappa shape index (κ1) is 17.9. The molecule has 0 fully saturated rings. The van der Waals surface area contributed by atoms with Gasteiger partial charge in [-0.05, 0) is 36.4 Å². The van der Waals surface area contributed by atoms with Crippen LogP contribution in [0.4, 0.5) is 17.1 Å². The van der Waals surface area contributed by atoms with Gasteiger partial charge in [0, 0.05) is 22.5 Å². The van der Waals surface area contributed by atoms with Gasteiger partial charge < -0.3 is 11.1 Å². The van der Waals surface area contributed by atoms with E-state index in [2.05, 4.69) is 5.32 Å². The lowest BCUT2D eigenvalue weighted by Crippen LogP contribution is -2.23. The molecule has 1 aliphatic carbocycles. The zero-order chi connectivity index (χ0) is 20.1. The summed E-state index contributed by atoms with van der Waals surface area (Å²) in [5.41, 5.74) is 7.95. The highest BCUT2D eigenvalue weighted by Gasteiger charge is 2.33. The lowest BCUT2D eigenvalue weighted by Gasteiger charge is -2.22. The quantitative estimate of drug-likeness (QED) is 0.360. The fourth-order valence-electron chi connectivity index (χ4n) is 3.22. The second-order valence-electron chi connectivity index (χ2n) is 6.28. The third-order valence-corrected chi connectivity index (χ3v) is 5.41. The van der Waals surface area contributed by atoms with Crippen LogP contribution in [0, 0.1) is 0 Å². The highest BCUT2D eigenvalue weighted by molar-refractivity contribution is 7.85. The van der Waals surface area contributed by atoms with Gasteiger partial charge in [-0.1, -0.05) is 24.3 Å². The fraction of sp³-hybridized carbons (Fsp3) is 0. The fourth-order valence-corrected chi connectivity index (χ4v) is 3.70. The first-order valence-corrected chi connectivity index (χ1v) is 9.67. The molecular weight excluding hydrogens is 380 g/mol. The molecule has 0 aromatic heterocycles. The van der Waals surface area contributed by atoms with Crippen LogP contribution in [0.3, 0.4) is 0 Å². The number of hydrogen-bond donors (Lipinski definition) is 3. The minimum atomic E-state index is -4.31. The van der Waals surface area contributed by atoms with Crippen molar-refractivity contribution >= 4 is 38.7 Å². The van der Waals surface area contributed by atoms with Crippen molar-refractivity contribution < 1.29 is 22.6 Å². The van der Waals surface area contributed by atoms with Crippen LogP contribution in [0.5, 0.6) is 0 Å². The number of rotatable bonds is 3. The molecule has 0 saturated carbocycles. The number of ketones is 2. The van der Waals surface area contributed by atoms with E-state index < -0.39 is 10.1 Å². The Morgan fingerprint density at radius 2 is 1.36 bits per heavy atom. The van der Waals surface area contributed by atoms with Crippen LogP contribution in [0.25, 0.3) is 0 Å². The lowest BCUT2D eigenvalue weighted by molar-refractivity contribution is 0.0980. The summed E-state index contributed by atoms with van der Waals surface area (Å²) in [4.78, 5) is 25.7. The second kappa shape index (κ2) is 6.29. The van der Waals surface area contributed by atoms with Crippen LogP contribution < -0.4 is 11.1 Å². The van der Waals surface area contributed by atoms with Crippen molar-refractivity contribution in [3.63, 3.8) is 0 Å². The highest BCUT2D eigenvalue weighted by atomic mass is 32.2. The zero-order valence-corrected chi connectivity index (χ0v) is 15.2. The molecule has 140 valence electrons. The van der Waals surface area contributed by atoms with Crippen molar-refractivity contribution in [2.45, 2.75) is 4.90 Å². The number of hydrogen-bond acceptors (Lipinski definition) is 6. The summed E-state index contributed by atoms with van der Waals surface area (Å²) >= 11 is 0. The standard InChI is InChI=1S/C20H14N2O5S/c21-15-9-10-16(22-11-5-7-12(8-6-11)28(25,26)27)18-17(15)19(23)13-3-1-2-4-14(13)20(18)24/h1-10,22H,21H2,(H,25,26,27). The predicted octanol–water partition coefficient (Wildman–Crippen LogP) is 3.03. The van der Waals surface area contributed by atoms with Gasteiger partial charge in [0.05, 0.1) is 21.7 Å². The van der Waals surface area contributed by atoms with Crippen molar-refractivity contribution in [3.05, 3.63) is 82.9 Å². The van der Waals surface area contributed by atoms with E-state index in [1.807, 2.05) is 0 Å².